The van der Waals surface area contributed by atoms with E-state index in [0.29, 0.717) is 18.1 Å². The lowest BCUT2D eigenvalue weighted by Gasteiger charge is -2.11. The Balaban J connectivity index is 0.00000176. The molecule has 166 valence electrons. The number of carboxylic acid groups (broad SMARTS) is 1. The van der Waals surface area contributed by atoms with Crippen molar-refractivity contribution in [2.24, 2.45) is 0 Å². The van der Waals surface area contributed by atoms with Crippen molar-refractivity contribution in [2.45, 2.75) is 27.4 Å². The highest BCUT2D eigenvalue weighted by Gasteiger charge is 2.10. The molecule has 0 spiro atoms. The van der Waals surface area contributed by atoms with E-state index in [4.69, 9.17) is 9.47 Å². The van der Waals surface area contributed by atoms with E-state index in [1.54, 1.807) is 18.2 Å². The van der Waals surface area contributed by atoms with Gasteiger partial charge in [0.1, 0.15) is 30.3 Å². The first-order chi connectivity index (χ1) is 15.5. The number of aromatic carboxylic acids is 1. The molecule has 32 heavy (non-hydrogen) atoms. The maximum atomic E-state index is 11.3. The molecule has 4 heteroatoms. The molecule has 0 fully saturated rings. The summed E-state index contributed by atoms with van der Waals surface area (Å²) in [7, 11) is 0. The lowest BCUT2D eigenvalue weighted by Crippen LogP contribution is -2.04. The maximum absolute atomic E-state index is 11.3. The second-order valence-electron chi connectivity index (χ2n) is 6.87. The van der Waals surface area contributed by atoms with Gasteiger partial charge < -0.3 is 14.6 Å². The van der Waals surface area contributed by atoms with E-state index in [1.165, 1.54) is 11.6 Å². The van der Waals surface area contributed by atoms with Crippen LogP contribution in [0.1, 0.15) is 40.9 Å². The lowest BCUT2D eigenvalue weighted by atomic mass is 10.1. The van der Waals surface area contributed by atoms with Crippen LogP contribution in [-0.4, -0.2) is 17.7 Å². The van der Waals surface area contributed by atoms with Gasteiger partial charge in [-0.2, -0.15) is 0 Å². The predicted octanol–water partition coefficient (Wildman–Crippen LogP) is 6.95. The number of aryl methyl sites for hydroxylation is 1. The van der Waals surface area contributed by atoms with Crippen molar-refractivity contribution in [1.82, 2.24) is 0 Å². The van der Waals surface area contributed by atoms with Crippen molar-refractivity contribution in [1.29, 1.82) is 0 Å². The fourth-order valence-corrected chi connectivity index (χ4v) is 2.86. The van der Waals surface area contributed by atoms with Gasteiger partial charge in [-0.15, -0.1) is 0 Å². The van der Waals surface area contributed by atoms with Gasteiger partial charge in [0.2, 0.25) is 0 Å². The third kappa shape index (κ3) is 7.47. The molecule has 3 aromatic carbocycles. The van der Waals surface area contributed by atoms with Crippen molar-refractivity contribution in [3.63, 3.8) is 0 Å². The molecule has 3 rings (SSSR count). The molecule has 0 amide bonds. The number of benzene rings is 3. The monoisotopic (exact) mass is 430 g/mol. The van der Waals surface area contributed by atoms with Crippen LogP contribution in [0.25, 0.3) is 6.08 Å². The standard InChI is InChI=1S/C26H24O4.C2H6/c1-19(14-15-22-10-4-3-8-20(22)2)17-29-23-11-7-9-21(16-23)18-30-25-13-6-5-12-24(25)26(27)28;1-2/h3-16H,1,17-18H2,2H3,(H,27,28);1-2H3/b15-14-;. The van der Waals surface area contributed by atoms with E-state index in [1.807, 2.05) is 62.4 Å². The Bertz CT molecular complexity index is 1070. The van der Waals surface area contributed by atoms with Crippen molar-refractivity contribution >= 4 is 12.0 Å². The first kappa shape index (κ1) is 24.5. The van der Waals surface area contributed by atoms with Crippen LogP contribution < -0.4 is 9.47 Å². The molecule has 1 N–H and O–H groups in total. The molecule has 0 unspecified atom stereocenters. The molecule has 0 heterocycles. The molecule has 0 aliphatic heterocycles. The average molecular weight is 431 g/mol. The van der Waals surface area contributed by atoms with Gasteiger partial charge in [0.15, 0.2) is 0 Å². The average Bonchev–Trinajstić information content (AvgIpc) is 2.82. The van der Waals surface area contributed by atoms with Crippen molar-refractivity contribution in [3.05, 3.63) is 113 Å². The molecular weight excluding hydrogens is 400 g/mol. The third-order valence-electron chi connectivity index (χ3n) is 4.52. The smallest absolute Gasteiger partial charge is 0.339 e. The summed E-state index contributed by atoms with van der Waals surface area (Å²) < 4.78 is 11.5. The topological polar surface area (TPSA) is 55.8 Å². The Labute approximate surface area is 190 Å². The first-order valence-electron chi connectivity index (χ1n) is 10.6. The predicted molar refractivity (Wildman–Crippen MR) is 130 cm³/mol. The zero-order valence-electron chi connectivity index (χ0n) is 18.9. The zero-order valence-corrected chi connectivity index (χ0v) is 18.9. The SMILES string of the molecule is C=C(/C=C\c1ccccc1C)COc1cccc(COc2ccccc2C(=O)O)c1.CC. The summed E-state index contributed by atoms with van der Waals surface area (Å²) in [6, 6.07) is 22.3. The number of rotatable bonds is 9. The second-order valence-corrected chi connectivity index (χ2v) is 6.87. The Morgan fingerprint density at radius 2 is 1.69 bits per heavy atom. The van der Waals surface area contributed by atoms with Crippen LogP contribution in [0.2, 0.25) is 0 Å². The van der Waals surface area contributed by atoms with Crippen LogP contribution >= 0.6 is 0 Å². The van der Waals surface area contributed by atoms with Crippen LogP contribution in [0.5, 0.6) is 11.5 Å². The highest BCUT2D eigenvalue weighted by Crippen LogP contribution is 2.21. The molecule has 0 radical (unpaired) electrons. The van der Waals surface area contributed by atoms with Gasteiger partial charge >= 0.3 is 5.97 Å². The van der Waals surface area contributed by atoms with Crippen LogP contribution in [0.4, 0.5) is 0 Å². The van der Waals surface area contributed by atoms with Gasteiger partial charge in [-0.3, -0.25) is 0 Å². The number of carboxylic acids is 1. The Morgan fingerprint density at radius 1 is 0.969 bits per heavy atom. The summed E-state index contributed by atoms with van der Waals surface area (Å²) in [6.45, 7) is 10.7. The number of hydrogen-bond acceptors (Lipinski definition) is 3. The maximum Gasteiger partial charge on any atom is 0.339 e. The molecule has 0 atom stereocenters. The van der Waals surface area contributed by atoms with Crippen molar-refractivity contribution in [3.8, 4) is 11.5 Å². The fourth-order valence-electron chi connectivity index (χ4n) is 2.86. The van der Waals surface area contributed by atoms with Gasteiger partial charge in [-0.1, -0.05) is 81.1 Å². The minimum atomic E-state index is -1.01. The largest absolute Gasteiger partial charge is 0.489 e. The number of para-hydroxylation sites is 1. The van der Waals surface area contributed by atoms with Crippen LogP contribution in [-0.2, 0) is 6.61 Å². The van der Waals surface area contributed by atoms with E-state index in [9.17, 15) is 9.90 Å². The minimum absolute atomic E-state index is 0.140. The molecule has 0 aliphatic rings. The number of hydrogen-bond donors (Lipinski definition) is 1. The van der Waals surface area contributed by atoms with Gasteiger partial charge in [0, 0.05) is 0 Å². The summed E-state index contributed by atoms with van der Waals surface area (Å²) >= 11 is 0. The van der Waals surface area contributed by atoms with Crippen molar-refractivity contribution in [2.75, 3.05) is 6.61 Å². The number of ether oxygens (including phenoxy) is 2. The van der Waals surface area contributed by atoms with E-state index in [2.05, 4.69) is 25.6 Å². The van der Waals surface area contributed by atoms with E-state index in [0.717, 1.165) is 16.7 Å². The van der Waals surface area contributed by atoms with Gasteiger partial charge in [-0.05, 0) is 53.5 Å². The normalized spacial score (nSPS) is 10.2. The number of carbonyl (C=O) groups is 1. The van der Waals surface area contributed by atoms with Crippen LogP contribution in [0, 0.1) is 6.92 Å². The first-order valence-corrected chi connectivity index (χ1v) is 10.6. The third-order valence-corrected chi connectivity index (χ3v) is 4.52. The highest BCUT2D eigenvalue weighted by atomic mass is 16.5. The van der Waals surface area contributed by atoms with E-state index >= 15 is 0 Å². The molecule has 0 saturated carbocycles. The summed E-state index contributed by atoms with van der Waals surface area (Å²) in [5, 5.41) is 9.25. The molecule has 0 saturated heterocycles. The lowest BCUT2D eigenvalue weighted by molar-refractivity contribution is 0.0691. The van der Waals surface area contributed by atoms with E-state index < -0.39 is 5.97 Å². The molecule has 3 aromatic rings. The summed E-state index contributed by atoms with van der Waals surface area (Å²) in [6.07, 6.45) is 3.99. The van der Waals surface area contributed by atoms with Crippen molar-refractivity contribution < 1.29 is 19.4 Å². The van der Waals surface area contributed by atoms with Gasteiger partial charge in [0.05, 0.1) is 0 Å². The molecular formula is C28H30O4. The fraction of sp³-hybridized carbons (Fsp3) is 0.179. The molecule has 0 bridgehead atoms. The Kier molecular flexibility index (Phi) is 9.79. The molecule has 0 aliphatic carbocycles. The Morgan fingerprint density at radius 3 is 2.44 bits per heavy atom. The van der Waals surface area contributed by atoms with Crippen LogP contribution in [0.3, 0.4) is 0 Å². The van der Waals surface area contributed by atoms with Crippen LogP contribution in [0.15, 0.2) is 91.0 Å². The highest BCUT2D eigenvalue weighted by molar-refractivity contribution is 5.90. The summed E-state index contributed by atoms with van der Waals surface area (Å²) in [5.74, 6) is 0.0269. The zero-order chi connectivity index (χ0) is 23.3. The minimum Gasteiger partial charge on any atom is -0.489 e. The summed E-state index contributed by atoms with van der Waals surface area (Å²) in [4.78, 5) is 11.3. The van der Waals surface area contributed by atoms with Gasteiger partial charge in [-0.25, -0.2) is 4.79 Å². The van der Waals surface area contributed by atoms with E-state index in [-0.39, 0.29) is 12.2 Å². The Hall–Kier alpha value is -3.79. The second kappa shape index (κ2) is 12.8. The molecule has 4 nitrogen and oxygen atoms in total. The van der Waals surface area contributed by atoms with Gasteiger partial charge in [0.25, 0.3) is 0 Å². The molecule has 0 aromatic heterocycles. The summed E-state index contributed by atoms with van der Waals surface area (Å²) in [5.41, 5.74) is 4.24. The quantitative estimate of drug-likeness (QED) is 0.373.